The van der Waals surface area contributed by atoms with Gasteiger partial charge in [0.1, 0.15) is 5.60 Å². The molecule has 0 aromatic carbocycles. The molecule has 0 bridgehead atoms. The second-order valence-corrected chi connectivity index (χ2v) is 4.97. The fraction of sp³-hybridized carbons (Fsp3) is 0.462. The molecule has 1 aromatic heterocycles. The number of hydrogen-bond donors (Lipinski definition) is 1. The van der Waals surface area contributed by atoms with Crippen LogP contribution in [0.4, 0.5) is 4.79 Å². The normalized spacial score (nSPS) is 10.9. The zero-order valence-electron chi connectivity index (χ0n) is 11.1. The number of rotatable bonds is 3. The van der Waals surface area contributed by atoms with E-state index in [0.717, 1.165) is 5.56 Å². The molecular formula is C13H18N2O3. The number of carbonyl (C=O) groups is 2. The van der Waals surface area contributed by atoms with Crippen LogP contribution in [0.2, 0.25) is 0 Å². The van der Waals surface area contributed by atoms with Crippen LogP contribution in [0.15, 0.2) is 18.5 Å². The summed E-state index contributed by atoms with van der Waals surface area (Å²) in [5.41, 5.74) is 0.770. The molecule has 1 heterocycles. The number of aryl methyl sites for hydroxylation is 1. The summed E-state index contributed by atoms with van der Waals surface area (Å²) < 4.78 is 5.04. The van der Waals surface area contributed by atoms with Crippen LogP contribution in [0.1, 0.15) is 36.7 Å². The Morgan fingerprint density at radius 3 is 2.61 bits per heavy atom. The number of hydrogen-bond acceptors (Lipinski definition) is 4. The molecule has 0 unspecified atom stereocenters. The van der Waals surface area contributed by atoms with Gasteiger partial charge in [0.05, 0.1) is 6.54 Å². The van der Waals surface area contributed by atoms with Crippen LogP contribution < -0.4 is 5.32 Å². The zero-order valence-corrected chi connectivity index (χ0v) is 11.1. The third kappa shape index (κ3) is 4.53. The van der Waals surface area contributed by atoms with E-state index in [1.54, 1.807) is 33.0 Å². The van der Waals surface area contributed by atoms with Crippen molar-refractivity contribution in [2.45, 2.75) is 33.3 Å². The summed E-state index contributed by atoms with van der Waals surface area (Å²) in [6, 6.07) is 1.75. The van der Waals surface area contributed by atoms with Crippen molar-refractivity contribution in [3.8, 4) is 0 Å². The van der Waals surface area contributed by atoms with E-state index in [1.807, 2.05) is 6.92 Å². The molecule has 98 valence electrons. The maximum Gasteiger partial charge on any atom is 0.408 e. The molecule has 18 heavy (non-hydrogen) atoms. The van der Waals surface area contributed by atoms with Crippen LogP contribution in [0.5, 0.6) is 0 Å². The summed E-state index contributed by atoms with van der Waals surface area (Å²) in [5.74, 6) is -0.188. The zero-order chi connectivity index (χ0) is 13.8. The van der Waals surface area contributed by atoms with Gasteiger partial charge in [-0.25, -0.2) is 4.79 Å². The predicted octanol–water partition coefficient (Wildman–Crippen LogP) is 2.10. The number of nitrogens with one attached hydrogen (secondary N) is 1. The summed E-state index contributed by atoms with van der Waals surface area (Å²) in [4.78, 5) is 27.1. The molecule has 0 aliphatic rings. The number of Topliss-reactive ketones (excluding diaryl/α,β-unsaturated/α-hetero) is 1. The van der Waals surface area contributed by atoms with Crippen molar-refractivity contribution in [1.82, 2.24) is 10.3 Å². The van der Waals surface area contributed by atoms with Gasteiger partial charge in [0, 0.05) is 18.0 Å². The topological polar surface area (TPSA) is 68.3 Å². The van der Waals surface area contributed by atoms with E-state index in [1.165, 1.54) is 6.20 Å². The van der Waals surface area contributed by atoms with E-state index >= 15 is 0 Å². The van der Waals surface area contributed by atoms with Gasteiger partial charge in [-0.05, 0) is 39.3 Å². The third-order valence-electron chi connectivity index (χ3n) is 2.13. The molecule has 0 atom stereocenters. The first-order valence-corrected chi connectivity index (χ1v) is 5.70. The third-order valence-corrected chi connectivity index (χ3v) is 2.13. The van der Waals surface area contributed by atoms with Crippen molar-refractivity contribution in [3.63, 3.8) is 0 Å². The number of alkyl carbamates (subject to hydrolysis) is 1. The molecule has 5 heteroatoms. The quantitative estimate of drug-likeness (QED) is 0.834. The maximum atomic E-state index is 11.8. The van der Waals surface area contributed by atoms with Crippen molar-refractivity contribution in [1.29, 1.82) is 0 Å². The number of ketones is 1. The molecule has 0 aliphatic carbocycles. The second kappa shape index (κ2) is 5.62. The van der Waals surface area contributed by atoms with Gasteiger partial charge in [-0.15, -0.1) is 0 Å². The van der Waals surface area contributed by atoms with Gasteiger partial charge in [0.15, 0.2) is 5.78 Å². The van der Waals surface area contributed by atoms with Crippen LogP contribution in [0, 0.1) is 6.92 Å². The van der Waals surface area contributed by atoms with Crippen molar-refractivity contribution < 1.29 is 14.3 Å². The smallest absolute Gasteiger partial charge is 0.408 e. The van der Waals surface area contributed by atoms with Crippen molar-refractivity contribution in [3.05, 3.63) is 29.6 Å². The minimum absolute atomic E-state index is 0.0958. The van der Waals surface area contributed by atoms with Crippen molar-refractivity contribution in [2.24, 2.45) is 0 Å². The lowest BCUT2D eigenvalue weighted by Crippen LogP contribution is -2.35. The highest BCUT2D eigenvalue weighted by molar-refractivity contribution is 5.99. The first-order valence-electron chi connectivity index (χ1n) is 5.70. The molecule has 5 nitrogen and oxygen atoms in total. The molecule has 0 radical (unpaired) electrons. The highest BCUT2D eigenvalue weighted by atomic mass is 16.6. The van der Waals surface area contributed by atoms with E-state index in [4.69, 9.17) is 4.74 Å². The average molecular weight is 250 g/mol. The number of pyridine rings is 1. The van der Waals surface area contributed by atoms with Gasteiger partial charge in [0.25, 0.3) is 0 Å². The Labute approximate surface area is 107 Å². The van der Waals surface area contributed by atoms with Gasteiger partial charge in [-0.1, -0.05) is 0 Å². The Balaban J connectivity index is 2.52. The number of amides is 1. The minimum atomic E-state index is -0.600. The highest BCUT2D eigenvalue weighted by Gasteiger charge is 2.17. The number of nitrogens with zero attached hydrogens (tertiary/aromatic N) is 1. The first kappa shape index (κ1) is 14.2. The number of aromatic nitrogens is 1. The largest absolute Gasteiger partial charge is 0.444 e. The van der Waals surface area contributed by atoms with E-state index in [2.05, 4.69) is 10.3 Å². The van der Waals surface area contributed by atoms with Gasteiger partial charge in [0.2, 0.25) is 0 Å². The van der Waals surface area contributed by atoms with Crippen LogP contribution in [0.3, 0.4) is 0 Å². The lowest BCUT2D eigenvalue weighted by Gasteiger charge is -2.19. The van der Waals surface area contributed by atoms with Gasteiger partial charge in [-0.3, -0.25) is 9.78 Å². The summed E-state index contributed by atoms with van der Waals surface area (Å²) in [6.45, 7) is 7.02. The first-order chi connectivity index (χ1) is 8.29. The Kier molecular flexibility index (Phi) is 4.42. The maximum absolute atomic E-state index is 11.8. The van der Waals surface area contributed by atoms with Crippen molar-refractivity contribution in [2.75, 3.05) is 6.54 Å². The Bertz CT molecular complexity index is 450. The van der Waals surface area contributed by atoms with Gasteiger partial charge < -0.3 is 10.1 Å². The van der Waals surface area contributed by atoms with Gasteiger partial charge in [-0.2, -0.15) is 0 Å². The van der Waals surface area contributed by atoms with Crippen LogP contribution in [-0.2, 0) is 4.74 Å². The van der Waals surface area contributed by atoms with E-state index in [0.29, 0.717) is 5.56 Å². The standard InChI is InChI=1S/C13H18N2O3/c1-9-5-6-14-7-10(9)11(16)8-15-12(17)18-13(2,3)4/h5-7H,8H2,1-4H3,(H,15,17). The molecule has 1 N–H and O–H groups in total. The fourth-order valence-corrected chi connectivity index (χ4v) is 1.32. The van der Waals surface area contributed by atoms with E-state index in [-0.39, 0.29) is 12.3 Å². The Morgan fingerprint density at radius 2 is 2.06 bits per heavy atom. The summed E-state index contributed by atoms with van der Waals surface area (Å²) in [6.07, 6.45) is 2.51. The monoisotopic (exact) mass is 250 g/mol. The van der Waals surface area contributed by atoms with Crippen LogP contribution >= 0.6 is 0 Å². The fourth-order valence-electron chi connectivity index (χ4n) is 1.32. The number of carbonyl (C=O) groups excluding carboxylic acids is 2. The summed E-state index contributed by atoms with van der Waals surface area (Å²) in [7, 11) is 0. The molecule has 0 spiro atoms. The predicted molar refractivity (Wildman–Crippen MR) is 67.5 cm³/mol. The Morgan fingerprint density at radius 1 is 1.39 bits per heavy atom. The molecule has 0 aliphatic heterocycles. The minimum Gasteiger partial charge on any atom is -0.444 e. The van der Waals surface area contributed by atoms with E-state index in [9.17, 15) is 9.59 Å². The van der Waals surface area contributed by atoms with E-state index < -0.39 is 11.7 Å². The van der Waals surface area contributed by atoms with Crippen LogP contribution in [-0.4, -0.2) is 29.0 Å². The molecule has 1 rings (SSSR count). The molecular weight excluding hydrogens is 232 g/mol. The SMILES string of the molecule is Cc1ccncc1C(=O)CNC(=O)OC(C)(C)C. The summed E-state index contributed by atoms with van der Waals surface area (Å²) >= 11 is 0. The van der Waals surface area contributed by atoms with Crippen molar-refractivity contribution >= 4 is 11.9 Å². The summed E-state index contributed by atoms with van der Waals surface area (Å²) in [5, 5.41) is 2.43. The molecule has 1 aromatic rings. The Hall–Kier alpha value is -1.91. The molecule has 0 saturated heterocycles. The van der Waals surface area contributed by atoms with Gasteiger partial charge >= 0.3 is 6.09 Å². The molecule has 0 saturated carbocycles. The molecule has 1 amide bonds. The van der Waals surface area contributed by atoms with Crippen LogP contribution in [0.25, 0.3) is 0 Å². The molecule has 0 fully saturated rings. The second-order valence-electron chi connectivity index (χ2n) is 4.97. The average Bonchev–Trinajstić information content (AvgIpc) is 2.24. The number of ether oxygens (including phenoxy) is 1. The lowest BCUT2D eigenvalue weighted by molar-refractivity contribution is 0.0520. The lowest BCUT2D eigenvalue weighted by atomic mass is 10.1. The highest BCUT2D eigenvalue weighted by Crippen LogP contribution is 2.07.